The topological polar surface area (TPSA) is 64.4 Å². The van der Waals surface area contributed by atoms with E-state index in [9.17, 15) is 4.79 Å². The van der Waals surface area contributed by atoms with Crippen LogP contribution in [0.3, 0.4) is 0 Å². The first kappa shape index (κ1) is 16.7. The molecule has 0 spiro atoms. The molecule has 0 saturated heterocycles. The number of halogens is 1. The summed E-state index contributed by atoms with van der Waals surface area (Å²) in [7, 11) is 0. The van der Waals surface area contributed by atoms with Gasteiger partial charge in [0, 0.05) is 11.6 Å². The first-order chi connectivity index (χ1) is 12.7. The van der Waals surface area contributed by atoms with Crippen LogP contribution in [0.5, 0.6) is 5.75 Å². The van der Waals surface area contributed by atoms with E-state index >= 15 is 0 Å². The molecule has 0 bridgehead atoms. The lowest BCUT2D eigenvalue weighted by molar-refractivity contribution is -0.126. The lowest BCUT2D eigenvalue weighted by Gasteiger charge is -2.24. The number of aromatic nitrogens is 1. The monoisotopic (exact) mass is 368 g/mol. The van der Waals surface area contributed by atoms with E-state index in [0.717, 1.165) is 16.9 Å². The van der Waals surface area contributed by atoms with Gasteiger partial charge in [-0.15, -0.1) is 0 Å². The van der Waals surface area contributed by atoms with Crippen molar-refractivity contribution >= 4 is 17.5 Å². The molecule has 1 aromatic heterocycles. The number of rotatable bonds is 4. The van der Waals surface area contributed by atoms with Crippen LogP contribution in [0, 0.1) is 5.92 Å². The van der Waals surface area contributed by atoms with Crippen molar-refractivity contribution < 1.29 is 14.1 Å². The maximum Gasteiger partial charge on any atom is 0.227 e. The number of benzene rings is 2. The molecule has 0 aliphatic carbocycles. The first-order valence-electron chi connectivity index (χ1n) is 8.39. The molecule has 0 saturated carbocycles. The summed E-state index contributed by atoms with van der Waals surface area (Å²) in [4.78, 5) is 12.4. The van der Waals surface area contributed by atoms with Crippen molar-refractivity contribution in [3.63, 3.8) is 0 Å². The summed E-state index contributed by atoms with van der Waals surface area (Å²) in [5.41, 5.74) is 2.48. The Morgan fingerprint density at radius 1 is 1.19 bits per heavy atom. The van der Waals surface area contributed by atoms with Crippen molar-refractivity contribution in [1.29, 1.82) is 0 Å². The molecule has 6 heteroatoms. The van der Waals surface area contributed by atoms with Gasteiger partial charge in [-0.25, -0.2) is 0 Å². The van der Waals surface area contributed by atoms with Crippen molar-refractivity contribution in [3.05, 3.63) is 70.9 Å². The number of carbonyl (C=O) groups is 1. The molecule has 0 fully saturated rings. The average molecular weight is 369 g/mol. The van der Waals surface area contributed by atoms with Gasteiger partial charge in [-0.3, -0.25) is 4.79 Å². The van der Waals surface area contributed by atoms with Crippen molar-refractivity contribution in [2.75, 3.05) is 6.61 Å². The van der Waals surface area contributed by atoms with E-state index in [2.05, 4.69) is 10.5 Å². The molecule has 4 rings (SSSR count). The quantitative estimate of drug-likeness (QED) is 0.759. The minimum absolute atomic E-state index is 0.0539. The van der Waals surface area contributed by atoms with Crippen LogP contribution in [0.15, 0.2) is 59.1 Å². The number of nitrogens with one attached hydrogen (secondary N) is 1. The third-order valence-electron chi connectivity index (χ3n) is 4.39. The molecule has 2 aromatic carbocycles. The molecule has 2 heterocycles. The maximum atomic E-state index is 12.4. The van der Waals surface area contributed by atoms with Crippen LogP contribution < -0.4 is 10.1 Å². The maximum absolute atomic E-state index is 12.4. The normalized spacial score (nSPS) is 15.8. The van der Waals surface area contributed by atoms with Crippen molar-refractivity contribution in [3.8, 4) is 17.1 Å². The van der Waals surface area contributed by atoms with Gasteiger partial charge in [-0.05, 0) is 30.2 Å². The van der Waals surface area contributed by atoms with Crippen LogP contribution >= 0.6 is 11.6 Å². The molecular weight excluding hydrogens is 352 g/mol. The second-order valence-corrected chi connectivity index (χ2v) is 6.61. The summed E-state index contributed by atoms with van der Waals surface area (Å²) in [6.07, 6.45) is 0.672. The van der Waals surface area contributed by atoms with E-state index in [1.807, 2.05) is 42.5 Å². The fraction of sp³-hybridized carbons (Fsp3) is 0.200. The zero-order valence-corrected chi connectivity index (χ0v) is 14.7. The van der Waals surface area contributed by atoms with Gasteiger partial charge < -0.3 is 14.6 Å². The van der Waals surface area contributed by atoms with E-state index in [-0.39, 0.29) is 11.8 Å². The second-order valence-electron chi connectivity index (χ2n) is 6.20. The van der Waals surface area contributed by atoms with E-state index in [4.69, 9.17) is 20.9 Å². The summed E-state index contributed by atoms with van der Waals surface area (Å²) in [5, 5.41) is 7.51. The van der Waals surface area contributed by atoms with Crippen molar-refractivity contribution in [1.82, 2.24) is 10.5 Å². The smallest absolute Gasteiger partial charge is 0.227 e. The largest absolute Gasteiger partial charge is 0.492 e. The molecule has 1 aliphatic heterocycles. The number of para-hydroxylation sites is 1. The van der Waals surface area contributed by atoms with Crippen molar-refractivity contribution in [2.24, 2.45) is 5.92 Å². The van der Waals surface area contributed by atoms with E-state index in [1.54, 1.807) is 12.1 Å². The fourth-order valence-corrected chi connectivity index (χ4v) is 3.23. The van der Waals surface area contributed by atoms with Gasteiger partial charge in [-0.1, -0.05) is 47.1 Å². The number of ether oxygens (including phenoxy) is 1. The number of amides is 1. The van der Waals surface area contributed by atoms with Crippen LogP contribution in [-0.4, -0.2) is 17.7 Å². The molecule has 3 aromatic rings. The molecule has 26 heavy (non-hydrogen) atoms. The highest BCUT2D eigenvalue weighted by molar-refractivity contribution is 6.33. The molecule has 0 radical (unpaired) electrons. The number of carbonyl (C=O) groups excluding carboxylic acids is 1. The van der Waals surface area contributed by atoms with Gasteiger partial charge in [0.25, 0.3) is 0 Å². The minimum Gasteiger partial charge on any atom is -0.492 e. The van der Waals surface area contributed by atoms with Crippen LogP contribution in [-0.2, 0) is 17.8 Å². The Labute approximate surface area is 155 Å². The summed E-state index contributed by atoms with van der Waals surface area (Å²) < 4.78 is 11.0. The summed E-state index contributed by atoms with van der Waals surface area (Å²) in [6.45, 7) is 0.678. The number of fused-ring (bicyclic) bond motifs is 1. The minimum atomic E-state index is -0.208. The van der Waals surface area contributed by atoms with Crippen LogP contribution in [0.1, 0.15) is 11.3 Å². The van der Waals surface area contributed by atoms with Crippen LogP contribution in [0.4, 0.5) is 0 Å². The summed E-state index contributed by atoms with van der Waals surface area (Å²) in [5.74, 6) is 1.17. The predicted molar refractivity (Wildman–Crippen MR) is 97.9 cm³/mol. The van der Waals surface area contributed by atoms with Gasteiger partial charge in [0.15, 0.2) is 5.76 Å². The number of hydrogen-bond acceptors (Lipinski definition) is 4. The predicted octanol–water partition coefficient (Wildman–Crippen LogP) is 3.86. The van der Waals surface area contributed by atoms with Crippen LogP contribution in [0.25, 0.3) is 11.3 Å². The lowest BCUT2D eigenvalue weighted by Crippen LogP contribution is -2.37. The van der Waals surface area contributed by atoms with E-state index in [1.165, 1.54) is 0 Å². The third kappa shape index (κ3) is 3.44. The van der Waals surface area contributed by atoms with E-state index < -0.39 is 0 Å². The molecule has 1 atom stereocenters. The zero-order valence-electron chi connectivity index (χ0n) is 13.9. The number of hydrogen-bond donors (Lipinski definition) is 1. The summed E-state index contributed by atoms with van der Waals surface area (Å²) >= 11 is 6.17. The van der Waals surface area contributed by atoms with Gasteiger partial charge in [0.2, 0.25) is 5.91 Å². The highest BCUT2D eigenvalue weighted by atomic mass is 35.5. The zero-order chi connectivity index (χ0) is 17.9. The fourth-order valence-electron chi connectivity index (χ4n) is 3.00. The average Bonchev–Trinajstić information content (AvgIpc) is 3.15. The van der Waals surface area contributed by atoms with Crippen LogP contribution in [0.2, 0.25) is 5.02 Å². The Bertz CT molecular complexity index is 938. The second kappa shape index (κ2) is 7.22. The molecule has 5 nitrogen and oxygen atoms in total. The third-order valence-corrected chi connectivity index (χ3v) is 4.72. The molecule has 0 unspecified atom stereocenters. The lowest BCUT2D eigenvalue weighted by atomic mass is 9.96. The molecule has 1 N–H and O–H groups in total. The first-order valence-corrected chi connectivity index (χ1v) is 8.77. The Kier molecular flexibility index (Phi) is 4.63. The molecule has 132 valence electrons. The van der Waals surface area contributed by atoms with Gasteiger partial charge >= 0.3 is 0 Å². The highest BCUT2D eigenvalue weighted by Crippen LogP contribution is 2.28. The number of nitrogens with zero attached hydrogens (tertiary/aromatic N) is 1. The van der Waals surface area contributed by atoms with Gasteiger partial charge in [0.05, 0.1) is 17.5 Å². The van der Waals surface area contributed by atoms with Gasteiger partial charge in [-0.2, -0.15) is 0 Å². The standard InChI is InChI=1S/C20H17ClN2O3/c21-17-7-3-2-6-16(17)19-10-15(23-26-19)11-22-20(24)14-9-13-5-1-4-8-18(13)25-12-14/h1-8,10,14H,9,11-12H2,(H,22,24)/t14-/m1/s1. The molecular formula is C20H17ClN2O3. The van der Waals surface area contributed by atoms with E-state index in [0.29, 0.717) is 36.0 Å². The SMILES string of the molecule is O=C(NCc1cc(-c2ccccc2Cl)on1)[C@H]1COc2ccccc2C1. The molecule has 1 amide bonds. The Morgan fingerprint density at radius 3 is 2.88 bits per heavy atom. The van der Waals surface area contributed by atoms with Gasteiger partial charge in [0.1, 0.15) is 18.1 Å². The summed E-state index contributed by atoms with van der Waals surface area (Å²) in [6, 6.07) is 17.0. The molecule has 1 aliphatic rings. The Hall–Kier alpha value is -2.79. The highest BCUT2D eigenvalue weighted by Gasteiger charge is 2.25. The van der Waals surface area contributed by atoms with Crippen molar-refractivity contribution in [2.45, 2.75) is 13.0 Å². The Morgan fingerprint density at radius 2 is 2.00 bits per heavy atom. The Balaban J connectivity index is 1.38.